The molecule has 10 heteroatoms. The minimum atomic E-state index is -0.543. The van der Waals surface area contributed by atoms with Crippen LogP contribution in [0.5, 0.6) is 0 Å². The number of hydrogen-bond donors (Lipinski definition) is 2. The number of anilines is 2. The quantitative estimate of drug-likeness (QED) is 0.238. The number of pyridine rings is 2. The lowest BCUT2D eigenvalue weighted by atomic mass is 9.96. The van der Waals surface area contributed by atoms with Crippen molar-refractivity contribution in [2.75, 3.05) is 17.2 Å². The Hall–Kier alpha value is -3.77. The fourth-order valence-electron chi connectivity index (χ4n) is 4.58. The number of benzene rings is 1. The highest BCUT2D eigenvalue weighted by Gasteiger charge is 2.38. The number of nitrogens with zero attached hydrogens (tertiary/aromatic N) is 6. The maximum absolute atomic E-state index is 13.9. The standard InChI is InChI=1S/C29H32ClFN8/c1-17-20(6-7-24(31)35-17)27(23-14-39(38-37-23)16-29(5)8-9-29)36-19-10-21-25(34-15-28(2,3)4)18(12-32)13-33-26(21)22(30)11-19/h6-7,10-11,13-14,27,36H,8-9,15-16H2,1-5H3,(H,33,34)/t27-/m0/s1. The number of halogens is 2. The highest BCUT2D eigenvalue weighted by molar-refractivity contribution is 6.35. The lowest BCUT2D eigenvalue weighted by molar-refractivity contribution is 0.424. The molecule has 0 radical (unpaired) electrons. The molecule has 202 valence electrons. The van der Waals surface area contributed by atoms with Crippen molar-refractivity contribution >= 4 is 33.9 Å². The lowest BCUT2D eigenvalue weighted by Gasteiger charge is -2.23. The summed E-state index contributed by atoms with van der Waals surface area (Å²) in [6, 6.07) is 8.55. The second kappa shape index (κ2) is 10.1. The minimum absolute atomic E-state index is 0.0104. The van der Waals surface area contributed by atoms with Gasteiger partial charge in [-0.3, -0.25) is 9.67 Å². The van der Waals surface area contributed by atoms with E-state index in [0.29, 0.717) is 45.4 Å². The Labute approximate surface area is 232 Å². The van der Waals surface area contributed by atoms with Crippen molar-refractivity contribution in [1.82, 2.24) is 25.0 Å². The maximum Gasteiger partial charge on any atom is 0.213 e. The van der Waals surface area contributed by atoms with Gasteiger partial charge in [-0.05, 0) is 48.8 Å². The van der Waals surface area contributed by atoms with Crippen LogP contribution in [0.15, 0.2) is 36.7 Å². The predicted octanol–water partition coefficient (Wildman–Crippen LogP) is 6.65. The van der Waals surface area contributed by atoms with E-state index in [4.69, 9.17) is 11.6 Å². The van der Waals surface area contributed by atoms with E-state index in [9.17, 15) is 9.65 Å². The van der Waals surface area contributed by atoms with Gasteiger partial charge in [0, 0.05) is 41.6 Å². The molecule has 0 aliphatic heterocycles. The van der Waals surface area contributed by atoms with Crippen molar-refractivity contribution in [3.63, 3.8) is 0 Å². The molecule has 1 aromatic carbocycles. The minimum Gasteiger partial charge on any atom is -0.383 e. The fraction of sp³-hybridized carbons (Fsp3) is 0.414. The van der Waals surface area contributed by atoms with E-state index >= 15 is 0 Å². The molecule has 2 N–H and O–H groups in total. The zero-order chi connectivity index (χ0) is 27.9. The van der Waals surface area contributed by atoms with E-state index in [1.54, 1.807) is 25.3 Å². The Balaban J connectivity index is 1.58. The summed E-state index contributed by atoms with van der Waals surface area (Å²) >= 11 is 6.72. The van der Waals surface area contributed by atoms with Crippen LogP contribution >= 0.6 is 11.6 Å². The summed E-state index contributed by atoms with van der Waals surface area (Å²) in [4.78, 5) is 8.51. The Morgan fingerprint density at radius 2 is 2.03 bits per heavy atom. The van der Waals surface area contributed by atoms with Crippen LogP contribution in [0, 0.1) is 35.0 Å². The number of aromatic nitrogens is 5. The van der Waals surface area contributed by atoms with Gasteiger partial charge in [0.15, 0.2) is 0 Å². The Morgan fingerprint density at radius 3 is 2.69 bits per heavy atom. The highest BCUT2D eigenvalue weighted by atomic mass is 35.5. The van der Waals surface area contributed by atoms with Crippen molar-refractivity contribution in [3.05, 3.63) is 70.1 Å². The molecular weight excluding hydrogens is 515 g/mol. The van der Waals surface area contributed by atoms with Crippen LogP contribution in [-0.4, -0.2) is 31.5 Å². The van der Waals surface area contributed by atoms with Crippen molar-refractivity contribution in [2.45, 2.75) is 60.0 Å². The SMILES string of the molecule is Cc1nc(F)ccc1[C@H](Nc1cc(Cl)c2ncc(C#N)c(NCC(C)(C)C)c2c1)c1cn(CC2(C)CC2)nn1. The summed E-state index contributed by atoms with van der Waals surface area (Å²) in [5, 5.41) is 26.8. The second-order valence-electron chi connectivity index (χ2n) is 12.0. The third kappa shape index (κ3) is 5.96. The molecule has 1 fully saturated rings. The third-order valence-electron chi connectivity index (χ3n) is 7.05. The first-order chi connectivity index (χ1) is 18.4. The van der Waals surface area contributed by atoms with Crippen molar-refractivity contribution in [1.29, 1.82) is 5.26 Å². The number of nitrogens with one attached hydrogen (secondary N) is 2. The number of nitriles is 1. The van der Waals surface area contributed by atoms with E-state index in [0.717, 1.165) is 17.5 Å². The number of fused-ring (bicyclic) bond motifs is 1. The molecule has 0 amide bonds. The molecule has 1 saturated carbocycles. The smallest absolute Gasteiger partial charge is 0.213 e. The first kappa shape index (κ1) is 26.8. The Morgan fingerprint density at radius 1 is 1.26 bits per heavy atom. The van der Waals surface area contributed by atoms with Crippen molar-refractivity contribution in [3.8, 4) is 6.07 Å². The van der Waals surface area contributed by atoms with Gasteiger partial charge in [0.25, 0.3) is 0 Å². The van der Waals surface area contributed by atoms with Crippen LogP contribution in [-0.2, 0) is 6.54 Å². The zero-order valence-electron chi connectivity index (χ0n) is 22.8. The molecule has 3 aromatic heterocycles. The topological polar surface area (TPSA) is 104 Å². The molecule has 4 aromatic rings. The highest BCUT2D eigenvalue weighted by Crippen LogP contribution is 2.46. The molecule has 0 spiro atoms. The summed E-state index contributed by atoms with van der Waals surface area (Å²) in [6.45, 7) is 11.8. The lowest BCUT2D eigenvalue weighted by Crippen LogP contribution is -2.20. The molecule has 1 aliphatic carbocycles. The normalized spacial score (nSPS) is 15.1. The van der Waals surface area contributed by atoms with Crippen LogP contribution in [0.25, 0.3) is 10.9 Å². The molecule has 5 rings (SSSR count). The van der Waals surface area contributed by atoms with Gasteiger partial charge in [-0.25, -0.2) is 4.98 Å². The van der Waals surface area contributed by atoms with Crippen LogP contribution in [0.1, 0.15) is 69.1 Å². The maximum atomic E-state index is 13.9. The summed E-state index contributed by atoms with van der Waals surface area (Å²) in [7, 11) is 0. The molecule has 8 nitrogen and oxygen atoms in total. The molecule has 3 heterocycles. The molecule has 1 aliphatic rings. The molecule has 39 heavy (non-hydrogen) atoms. The van der Waals surface area contributed by atoms with Gasteiger partial charge in [0.05, 0.1) is 34.0 Å². The number of aryl methyl sites for hydroxylation is 1. The van der Waals surface area contributed by atoms with Gasteiger partial charge < -0.3 is 10.6 Å². The number of rotatable bonds is 8. The molecule has 0 bridgehead atoms. The Bertz CT molecular complexity index is 1580. The van der Waals surface area contributed by atoms with Gasteiger partial charge in [0.1, 0.15) is 11.8 Å². The predicted molar refractivity (Wildman–Crippen MR) is 151 cm³/mol. The first-order valence-corrected chi connectivity index (χ1v) is 13.4. The first-order valence-electron chi connectivity index (χ1n) is 13.0. The Kier molecular flexibility index (Phi) is 6.93. The van der Waals surface area contributed by atoms with Crippen molar-refractivity contribution < 1.29 is 4.39 Å². The van der Waals surface area contributed by atoms with Gasteiger partial charge in [0.2, 0.25) is 5.95 Å². The zero-order valence-corrected chi connectivity index (χ0v) is 23.6. The molecular formula is C29H32ClFN8. The second-order valence-corrected chi connectivity index (χ2v) is 12.4. The summed E-state index contributed by atoms with van der Waals surface area (Å²) in [6.07, 6.45) is 5.81. The van der Waals surface area contributed by atoms with E-state index in [1.807, 2.05) is 16.9 Å². The summed E-state index contributed by atoms with van der Waals surface area (Å²) in [5.41, 5.74) is 4.66. The van der Waals surface area contributed by atoms with Crippen LogP contribution in [0.3, 0.4) is 0 Å². The van der Waals surface area contributed by atoms with Gasteiger partial charge in [-0.15, -0.1) is 5.10 Å². The average molecular weight is 547 g/mol. The van der Waals surface area contributed by atoms with Crippen LogP contribution < -0.4 is 10.6 Å². The van der Waals surface area contributed by atoms with Gasteiger partial charge in [-0.2, -0.15) is 9.65 Å². The van der Waals surface area contributed by atoms with E-state index in [1.165, 1.54) is 18.9 Å². The molecule has 0 unspecified atom stereocenters. The monoisotopic (exact) mass is 546 g/mol. The van der Waals surface area contributed by atoms with E-state index in [-0.39, 0.29) is 10.8 Å². The van der Waals surface area contributed by atoms with Crippen LogP contribution in [0.2, 0.25) is 5.02 Å². The summed E-state index contributed by atoms with van der Waals surface area (Å²) < 4.78 is 15.8. The molecule has 1 atom stereocenters. The van der Waals surface area contributed by atoms with E-state index < -0.39 is 12.0 Å². The van der Waals surface area contributed by atoms with E-state index in [2.05, 4.69) is 64.7 Å². The van der Waals surface area contributed by atoms with Gasteiger partial charge >= 0.3 is 0 Å². The average Bonchev–Trinajstić information content (AvgIpc) is 3.41. The van der Waals surface area contributed by atoms with Gasteiger partial charge in [-0.1, -0.05) is 50.6 Å². The molecule has 0 saturated heterocycles. The third-order valence-corrected chi connectivity index (χ3v) is 7.34. The number of hydrogen-bond acceptors (Lipinski definition) is 7. The summed E-state index contributed by atoms with van der Waals surface area (Å²) in [5.74, 6) is -0.543. The largest absolute Gasteiger partial charge is 0.383 e. The van der Waals surface area contributed by atoms with Crippen LogP contribution in [0.4, 0.5) is 15.8 Å². The fourth-order valence-corrected chi connectivity index (χ4v) is 4.85. The van der Waals surface area contributed by atoms with Crippen molar-refractivity contribution in [2.24, 2.45) is 10.8 Å².